The van der Waals surface area contributed by atoms with Crippen molar-refractivity contribution in [2.75, 3.05) is 13.6 Å². The number of fused-ring (bicyclic) bond motifs is 1. The minimum Gasteiger partial charge on any atom is -0.422 e. The number of aromatic nitrogens is 1. The number of carbonyl (C=O) groups excluding carboxylic acids is 2. The first-order valence-electron chi connectivity index (χ1n) is 12.4. The van der Waals surface area contributed by atoms with E-state index in [0.29, 0.717) is 29.6 Å². The Balaban J connectivity index is 1.74. The Morgan fingerprint density at radius 3 is 2.64 bits per heavy atom. The molecule has 2 aromatic rings. The number of pyridine rings is 1. The van der Waals surface area contributed by atoms with E-state index in [2.05, 4.69) is 10.6 Å². The van der Waals surface area contributed by atoms with Crippen molar-refractivity contribution >= 4 is 45.9 Å². The molecule has 1 aromatic heterocycles. The van der Waals surface area contributed by atoms with Gasteiger partial charge in [-0.15, -0.1) is 0 Å². The molecule has 0 radical (unpaired) electrons. The van der Waals surface area contributed by atoms with Crippen LogP contribution in [0, 0.1) is 10.8 Å². The lowest BCUT2D eigenvalue weighted by Crippen LogP contribution is -2.53. The summed E-state index contributed by atoms with van der Waals surface area (Å²) >= 11 is 7.48. The lowest BCUT2D eigenvalue weighted by Gasteiger charge is -2.40. The second-order valence-electron chi connectivity index (χ2n) is 10.1. The first kappa shape index (κ1) is 28.4. The zero-order chi connectivity index (χ0) is 28.5. The van der Waals surface area contributed by atoms with Crippen molar-refractivity contribution in [1.82, 2.24) is 20.5 Å². The van der Waals surface area contributed by atoms with Crippen molar-refractivity contribution < 1.29 is 19.7 Å². The molecule has 39 heavy (non-hydrogen) atoms. The van der Waals surface area contributed by atoms with Gasteiger partial charge in [0.1, 0.15) is 5.00 Å². The van der Waals surface area contributed by atoms with Gasteiger partial charge >= 0.3 is 11.1 Å². The largest absolute Gasteiger partial charge is 0.422 e. The maximum atomic E-state index is 13.4. The van der Waals surface area contributed by atoms with Gasteiger partial charge in [-0.3, -0.25) is 10.2 Å². The number of hydrogen-bond acceptors (Lipinski definition) is 7. The van der Waals surface area contributed by atoms with Crippen LogP contribution in [0.3, 0.4) is 0 Å². The van der Waals surface area contributed by atoms with Gasteiger partial charge in [-0.25, -0.2) is 15.1 Å². The highest BCUT2D eigenvalue weighted by Crippen LogP contribution is 2.50. The number of amides is 2. The van der Waals surface area contributed by atoms with Crippen molar-refractivity contribution in [3.8, 4) is 17.1 Å². The highest BCUT2D eigenvalue weighted by molar-refractivity contribution is 8.24. The Bertz CT molecular complexity index is 1400. The third kappa shape index (κ3) is 5.72. The molecule has 2 amide bonds. The average molecular weight is 568 g/mol. The van der Waals surface area contributed by atoms with Crippen LogP contribution in [0.2, 0.25) is 0 Å². The van der Waals surface area contributed by atoms with E-state index < -0.39 is 16.3 Å². The maximum absolute atomic E-state index is 13.4. The van der Waals surface area contributed by atoms with E-state index in [1.165, 1.54) is 0 Å². The molecule has 0 bridgehead atoms. The van der Waals surface area contributed by atoms with Gasteiger partial charge in [0.05, 0.1) is 16.7 Å². The number of hydrogen-bond donors (Lipinski definition) is 4. The molecule has 2 atom stereocenters. The number of rotatable bonds is 6. The smallest absolute Gasteiger partial charge is 0.315 e. The number of halogens is 1. The fourth-order valence-electron chi connectivity index (χ4n) is 4.57. The van der Waals surface area contributed by atoms with Gasteiger partial charge in [0.2, 0.25) is 11.8 Å². The summed E-state index contributed by atoms with van der Waals surface area (Å²) in [5.41, 5.74) is 3.62. The van der Waals surface area contributed by atoms with Gasteiger partial charge in [-0.2, -0.15) is 0 Å². The molecule has 0 fully saturated rings. The van der Waals surface area contributed by atoms with E-state index in [1.807, 2.05) is 57.2 Å². The zero-order valence-electron chi connectivity index (χ0n) is 22.5. The number of amidine groups is 1. The molecule has 2 aliphatic heterocycles. The van der Waals surface area contributed by atoms with Crippen molar-refractivity contribution in [2.45, 2.75) is 38.6 Å². The molecule has 1 aromatic carbocycles. The van der Waals surface area contributed by atoms with Crippen molar-refractivity contribution in [3.05, 3.63) is 71.1 Å². The highest BCUT2D eigenvalue weighted by atomic mass is 35.5. The van der Waals surface area contributed by atoms with Crippen LogP contribution in [0.1, 0.15) is 49.5 Å². The number of allylic oxidation sites excluding steroid dienone is 2. The second kappa shape index (κ2) is 10.9. The molecule has 5 N–H and O–H groups in total. The Morgan fingerprint density at radius 2 is 2.00 bits per heavy atom. The fraction of sp³-hybridized carbons (Fsp3) is 0.321. The number of dihydropyridines is 1. The summed E-state index contributed by atoms with van der Waals surface area (Å²) in [6, 6.07) is 11.0. The third-order valence-corrected chi connectivity index (χ3v) is 7.58. The van der Waals surface area contributed by atoms with Gasteiger partial charge in [0.15, 0.2) is 0 Å². The number of nitrogens with two attached hydrogens (primary N) is 1. The fourth-order valence-corrected chi connectivity index (χ4v) is 5.00. The monoisotopic (exact) mass is 567 g/mol. The Morgan fingerprint density at radius 1 is 1.31 bits per heavy atom. The SMILES string of the molecule is CCN(C)C(=O)c1ccc(-c2ccc3c(n2)OC2=C(C=CC(C)(Cl)N2)C3C(C)(C)C(=O)NC(=[NH2+])SC=N)cc1. The molecule has 0 saturated carbocycles. The quantitative estimate of drug-likeness (QED) is 0.183. The predicted octanol–water partition coefficient (Wildman–Crippen LogP) is 3.24. The van der Waals surface area contributed by atoms with Gasteiger partial charge in [0.25, 0.3) is 5.91 Å². The molecule has 0 saturated heterocycles. The number of ether oxygens (including phenoxy) is 1. The summed E-state index contributed by atoms with van der Waals surface area (Å²) in [4.78, 5) is 31.5. The molecule has 9 nitrogen and oxygen atoms in total. The first-order chi connectivity index (χ1) is 18.4. The molecule has 3 heterocycles. The van der Waals surface area contributed by atoms with E-state index >= 15 is 0 Å². The lowest BCUT2D eigenvalue weighted by atomic mass is 9.69. The molecule has 0 aliphatic carbocycles. The minimum atomic E-state index is -0.991. The van der Waals surface area contributed by atoms with Crippen LogP contribution in [0.25, 0.3) is 11.3 Å². The number of alkyl halides is 1. The Kier molecular flexibility index (Phi) is 7.90. The zero-order valence-corrected chi connectivity index (χ0v) is 24.0. The number of carbonyl (C=O) groups is 2. The third-order valence-electron chi connectivity index (χ3n) is 6.88. The highest BCUT2D eigenvalue weighted by Gasteiger charge is 2.48. The average Bonchev–Trinajstić information content (AvgIpc) is 2.90. The first-order valence-corrected chi connectivity index (χ1v) is 13.7. The summed E-state index contributed by atoms with van der Waals surface area (Å²) in [6.45, 7) is 8.00. The number of nitrogens with one attached hydrogen (secondary N) is 3. The van der Waals surface area contributed by atoms with Crippen LogP contribution >= 0.6 is 23.4 Å². The normalized spacial score (nSPS) is 19.7. The van der Waals surface area contributed by atoms with Gasteiger partial charge < -0.3 is 20.4 Å². The summed E-state index contributed by atoms with van der Waals surface area (Å²) in [5.74, 6) is -0.0350. The molecule has 4 rings (SSSR count). The summed E-state index contributed by atoms with van der Waals surface area (Å²) in [5, 5.41) is 19.1. The van der Waals surface area contributed by atoms with Crippen LogP contribution in [0.5, 0.6) is 5.88 Å². The molecule has 204 valence electrons. The summed E-state index contributed by atoms with van der Waals surface area (Å²) in [6.07, 6.45) is 3.69. The summed E-state index contributed by atoms with van der Waals surface area (Å²) < 4.78 is 6.23. The molecule has 2 unspecified atom stereocenters. The summed E-state index contributed by atoms with van der Waals surface area (Å²) in [7, 11) is 1.76. The predicted molar refractivity (Wildman–Crippen MR) is 154 cm³/mol. The van der Waals surface area contributed by atoms with Crippen molar-refractivity contribution in [1.29, 1.82) is 5.41 Å². The van der Waals surface area contributed by atoms with Crippen LogP contribution < -0.4 is 20.8 Å². The molecular weight excluding hydrogens is 536 g/mol. The van der Waals surface area contributed by atoms with Gasteiger partial charge in [-0.05, 0) is 52.0 Å². The standard InChI is InChI=1S/C28H31ClN6O3S/c1-6-35(5)24(36)17-9-7-16(8-10-17)20-12-11-18-21(27(2,3)25(37)33-26(31)39-15-30)19-13-14-28(4,29)34-23(19)38-22(18)32-20/h7-15,21,30,34H,6H2,1-5H3,(H2,31,33,37)/p+1. The van der Waals surface area contributed by atoms with E-state index in [1.54, 1.807) is 31.0 Å². The topological polar surface area (TPSA) is 133 Å². The molecule has 11 heteroatoms. The Hall–Kier alpha value is -3.63. The van der Waals surface area contributed by atoms with E-state index in [9.17, 15) is 9.59 Å². The number of thioether (sulfide) groups is 1. The van der Waals surface area contributed by atoms with E-state index in [-0.39, 0.29) is 17.0 Å². The molecule has 0 spiro atoms. The van der Waals surface area contributed by atoms with Crippen LogP contribution in [-0.2, 0) is 4.79 Å². The Labute approximate surface area is 237 Å². The number of nitrogens with zero attached hydrogens (tertiary/aromatic N) is 2. The van der Waals surface area contributed by atoms with Crippen LogP contribution in [0.4, 0.5) is 0 Å². The van der Waals surface area contributed by atoms with E-state index in [0.717, 1.165) is 34.0 Å². The van der Waals surface area contributed by atoms with Crippen LogP contribution in [0.15, 0.2) is 60.0 Å². The van der Waals surface area contributed by atoms with Crippen molar-refractivity contribution in [2.24, 2.45) is 5.41 Å². The van der Waals surface area contributed by atoms with Gasteiger partial charge in [-0.1, -0.05) is 35.9 Å². The lowest BCUT2D eigenvalue weighted by molar-refractivity contribution is -0.133. The van der Waals surface area contributed by atoms with Gasteiger partial charge in [0, 0.05) is 53.5 Å². The molecular formula is C28H32ClN6O3S+. The van der Waals surface area contributed by atoms with E-state index in [4.69, 9.17) is 32.1 Å². The number of benzene rings is 1. The maximum Gasteiger partial charge on any atom is 0.315 e. The minimum absolute atomic E-state index is 0.0500. The van der Waals surface area contributed by atoms with Crippen LogP contribution in [-0.4, -0.2) is 51.0 Å². The second-order valence-corrected chi connectivity index (χ2v) is 11.8. The molecule has 2 aliphatic rings. The van der Waals surface area contributed by atoms with Crippen molar-refractivity contribution in [3.63, 3.8) is 0 Å².